The highest BCUT2D eigenvalue weighted by molar-refractivity contribution is 7.91. The van der Waals surface area contributed by atoms with Gasteiger partial charge in [-0.15, -0.1) is 0 Å². The molecular formula is C8H9Cl2NO3S. The fourth-order valence-electron chi connectivity index (χ4n) is 0.979. The van der Waals surface area contributed by atoms with Crippen molar-refractivity contribution in [1.82, 2.24) is 0 Å². The maximum absolute atomic E-state index is 11.5. The van der Waals surface area contributed by atoms with Gasteiger partial charge in [0.25, 0.3) is 0 Å². The number of aliphatic hydroxyl groups excluding tert-OH is 1. The molecule has 0 saturated heterocycles. The third-order valence-electron chi connectivity index (χ3n) is 1.77. The Hall–Kier alpha value is -0.490. The van der Waals surface area contributed by atoms with Crippen LogP contribution in [0.25, 0.3) is 0 Å². The number of benzene rings is 1. The Morgan fingerprint density at radius 1 is 1.27 bits per heavy atom. The van der Waals surface area contributed by atoms with E-state index in [4.69, 9.17) is 34.0 Å². The lowest BCUT2D eigenvalue weighted by Crippen LogP contribution is -2.10. The summed E-state index contributed by atoms with van der Waals surface area (Å²) in [6.45, 7) is -0.456. The quantitative estimate of drug-likeness (QED) is 0.812. The smallest absolute Gasteiger partial charge is 0.180 e. The largest absolute Gasteiger partial charge is 0.396 e. The molecule has 1 rings (SSSR count). The highest BCUT2D eigenvalue weighted by atomic mass is 35.5. The Bertz CT molecular complexity index is 450. The number of hydrogen-bond donors (Lipinski definition) is 2. The molecule has 1 aromatic rings. The van der Waals surface area contributed by atoms with E-state index in [0.717, 1.165) is 0 Å². The number of nitrogens with two attached hydrogens (primary N) is 1. The molecule has 0 bridgehead atoms. The molecule has 0 heterocycles. The van der Waals surface area contributed by atoms with Gasteiger partial charge in [0.2, 0.25) is 0 Å². The Morgan fingerprint density at radius 3 is 2.13 bits per heavy atom. The number of aliphatic hydroxyl groups is 1. The summed E-state index contributed by atoms with van der Waals surface area (Å²) in [5.74, 6) is -0.371. The Kier molecular flexibility index (Phi) is 3.83. The molecule has 15 heavy (non-hydrogen) atoms. The second kappa shape index (κ2) is 4.57. The first kappa shape index (κ1) is 12.6. The predicted octanol–water partition coefficient (Wildman–Crippen LogP) is 1.34. The van der Waals surface area contributed by atoms with Crippen molar-refractivity contribution >= 4 is 38.7 Å². The summed E-state index contributed by atoms with van der Waals surface area (Å²) in [6, 6.07) is 2.43. The summed E-state index contributed by atoms with van der Waals surface area (Å²) in [5.41, 5.74) is 5.60. The third-order valence-corrected chi connectivity index (χ3v) is 4.07. The van der Waals surface area contributed by atoms with Crippen LogP contribution in [0.2, 0.25) is 10.0 Å². The van der Waals surface area contributed by atoms with Gasteiger partial charge in [0.05, 0.1) is 33.0 Å². The lowest BCUT2D eigenvalue weighted by molar-refractivity contribution is 0.319. The van der Waals surface area contributed by atoms with Gasteiger partial charge in [0.1, 0.15) is 0 Å². The van der Waals surface area contributed by atoms with E-state index in [1.165, 1.54) is 12.1 Å². The highest BCUT2D eigenvalue weighted by Crippen LogP contribution is 2.30. The molecule has 0 atom stereocenters. The molecule has 0 aliphatic rings. The molecular weight excluding hydrogens is 261 g/mol. The minimum atomic E-state index is -3.55. The Balaban J connectivity index is 3.29. The lowest BCUT2D eigenvalue weighted by Gasteiger charge is -2.06. The van der Waals surface area contributed by atoms with Crippen LogP contribution in [0, 0.1) is 0 Å². The molecule has 7 heteroatoms. The van der Waals surface area contributed by atoms with Crippen LogP contribution in [-0.2, 0) is 9.84 Å². The van der Waals surface area contributed by atoms with Gasteiger partial charge in [-0.3, -0.25) is 0 Å². The van der Waals surface area contributed by atoms with Crippen LogP contribution in [0.5, 0.6) is 0 Å². The van der Waals surface area contributed by atoms with Crippen molar-refractivity contribution in [2.24, 2.45) is 0 Å². The van der Waals surface area contributed by atoms with E-state index in [9.17, 15) is 8.42 Å². The van der Waals surface area contributed by atoms with Crippen molar-refractivity contribution in [3.8, 4) is 0 Å². The molecule has 0 fully saturated rings. The van der Waals surface area contributed by atoms with E-state index in [2.05, 4.69) is 0 Å². The van der Waals surface area contributed by atoms with Gasteiger partial charge in [-0.25, -0.2) is 8.42 Å². The van der Waals surface area contributed by atoms with Gasteiger partial charge < -0.3 is 10.8 Å². The Morgan fingerprint density at radius 2 is 1.73 bits per heavy atom. The van der Waals surface area contributed by atoms with Crippen LogP contribution in [-0.4, -0.2) is 25.9 Å². The predicted molar refractivity (Wildman–Crippen MR) is 60.0 cm³/mol. The van der Waals surface area contributed by atoms with Gasteiger partial charge >= 0.3 is 0 Å². The van der Waals surface area contributed by atoms with Crippen LogP contribution in [0.4, 0.5) is 5.69 Å². The van der Waals surface area contributed by atoms with E-state index in [-0.39, 0.29) is 26.4 Å². The molecule has 84 valence electrons. The number of sulfone groups is 1. The molecule has 0 unspecified atom stereocenters. The van der Waals surface area contributed by atoms with Gasteiger partial charge in [0, 0.05) is 0 Å². The van der Waals surface area contributed by atoms with E-state index in [0.29, 0.717) is 0 Å². The SMILES string of the molecule is Nc1c(Cl)cc(S(=O)(=O)CCO)cc1Cl. The van der Waals surface area contributed by atoms with Crippen molar-refractivity contribution in [3.63, 3.8) is 0 Å². The maximum Gasteiger partial charge on any atom is 0.180 e. The van der Waals surface area contributed by atoms with Crippen LogP contribution in [0.3, 0.4) is 0 Å². The van der Waals surface area contributed by atoms with E-state index in [1.807, 2.05) is 0 Å². The molecule has 1 aromatic carbocycles. The summed E-state index contributed by atoms with van der Waals surface area (Å²) >= 11 is 11.4. The van der Waals surface area contributed by atoms with Crippen LogP contribution in [0.15, 0.2) is 17.0 Å². The molecule has 0 aliphatic heterocycles. The van der Waals surface area contributed by atoms with Gasteiger partial charge in [-0.05, 0) is 12.1 Å². The summed E-state index contributed by atoms with van der Waals surface area (Å²) < 4.78 is 23.1. The molecule has 0 saturated carbocycles. The zero-order valence-corrected chi connectivity index (χ0v) is 9.90. The number of halogens is 2. The van der Waals surface area contributed by atoms with Crippen LogP contribution in [0.1, 0.15) is 0 Å². The number of anilines is 1. The molecule has 0 aliphatic carbocycles. The van der Waals surface area contributed by atoms with Gasteiger partial charge in [0.15, 0.2) is 9.84 Å². The summed E-state index contributed by atoms with van der Waals surface area (Å²) in [6.07, 6.45) is 0. The van der Waals surface area contributed by atoms with Crippen LogP contribution < -0.4 is 5.73 Å². The fraction of sp³-hybridized carbons (Fsp3) is 0.250. The van der Waals surface area contributed by atoms with Crippen molar-refractivity contribution < 1.29 is 13.5 Å². The van der Waals surface area contributed by atoms with Crippen LogP contribution >= 0.6 is 23.2 Å². The molecule has 0 aromatic heterocycles. The summed E-state index contributed by atoms with van der Waals surface area (Å²) in [7, 11) is -3.55. The lowest BCUT2D eigenvalue weighted by atomic mass is 10.3. The van der Waals surface area contributed by atoms with E-state index >= 15 is 0 Å². The zero-order valence-electron chi connectivity index (χ0n) is 7.57. The summed E-state index contributed by atoms with van der Waals surface area (Å²) in [4.78, 5) is -0.0410. The molecule has 0 amide bonds. The average molecular weight is 270 g/mol. The second-order valence-electron chi connectivity index (χ2n) is 2.84. The normalized spacial score (nSPS) is 11.7. The first-order valence-corrected chi connectivity index (χ1v) is 6.37. The van der Waals surface area contributed by atoms with E-state index in [1.54, 1.807) is 0 Å². The zero-order chi connectivity index (χ0) is 11.6. The third kappa shape index (κ3) is 2.75. The van der Waals surface area contributed by atoms with Crippen molar-refractivity contribution in [2.75, 3.05) is 18.1 Å². The Labute approximate surface area is 97.5 Å². The number of rotatable bonds is 3. The second-order valence-corrected chi connectivity index (χ2v) is 5.77. The summed E-state index contributed by atoms with van der Waals surface area (Å²) in [5, 5.41) is 8.75. The van der Waals surface area contributed by atoms with Crippen molar-refractivity contribution in [2.45, 2.75) is 4.90 Å². The number of nitrogen functional groups attached to an aromatic ring is 1. The average Bonchev–Trinajstić information content (AvgIpc) is 2.13. The maximum atomic E-state index is 11.5. The van der Waals surface area contributed by atoms with Crippen molar-refractivity contribution in [3.05, 3.63) is 22.2 Å². The minimum Gasteiger partial charge on any atom is -0.396 e. The molecule has 0 radical (unpaired) electrons. The number of hydrogen-bond acceptors (Lipinski definition) is 4. The van der Waals surface area contributed by atoms with Gasteiger partial charge in [-0.2, -0.15) is 0 Å². The molecule has 0 spiro atoms. The first-order valence-electron chi connectivity index (χ1n) is 3.96. The fourth-order valence-corrected chi connectivity index (χ4v) is 2.67. The van der Waals surface area contributed by atoms with E-state index < -0.39 is 16.4 Å². The monoisotopic (exact) mass is 269 g/mol. The first-order chi connectivity index (χ1) is 6.88. The standard InChI is InChI=1S/C8H9Cl2NO3S/c9-6-3-5(4-7(10)8(6)11)15(13,14)2-1-12/h3-4,12H,1-2,11H2. The molecule has 4 nitrogen and oxygen atoms in total. The van der Waals surface area contributed by atoms with Crippen molar-refractivity contribution in [1.29, 1.82) is 0 Å². The minimum absolute atomic E-state index is 0.0410. The topological polar surface area (TPSA) is 80.4 Å². The molecule has 3 N–H and O–H groups in total. The van der Waals surface area contributed by atoms with Gasteiger partial charge in [-0.1, -0.05) is 23.2 Å². The highest BCUT2D eigenvalue weighted by Gasteiger charge is 2.16.